The molecule has 1 aromatic rings. The number of anilines is 2. The molecule has 0 spiro atoms. The van der Waals surface area contributed by atoms with Crippen LogP contribution in [0.5, 0.6) is 6.01 Å². The fraction of sp³-hybridized carbons (Fsp3) is 0.750. The highest BCUT2D eigenvalue weighted by Gasteiger charge is 2.20. The van der Waals surface area contributed by atoms with E-state index in [0.29, 0.717) is 24.5 Å². The third-order valence-electron chi connectivity index (χ3n) is 3.35. The molecule has 0 saturated carbocycles. The van der Waals surface area contributed by atoms with Crippen molar-refractivity contribution in [3.05, 3.63) is 0 Å². The normalized spacial score (nSPS) is 19.1. The molecular weight excluding hydrogens is 258 g/mol. The van der Waals surface area contributed by atoms with Crippen LogP contribution >= 0.6 is 0 Å². The largest absolute Gasteiger partial charge is 0.463 e. The number of rotatable bonds is 7. The molecule has 1 aliphatic heterocycles. The van der Waals surface area contributed by atoms with Gasteiger partial charge in [-0.25, -0.2) is 5.84 Å². The first-order chi connectivity index (χ1) is 9.72. The first kappa shape index (κ1) is 14.7. The van der Waals surface area contributed by atoms with Crippen LogP contribution in [0.1, 0.15) is 26.2 Å². The van der Waals surface area contributed by atoms with Gasteiger partial charge < -0.3 is 15.0 Å². The Morgan fingerprint density at radius 1 is 1.35 bits per heavy atom. The zero-order valence-electron chi connectivity index (χ0n) is 12.1. The van der Waals surface area contributed by atoms with Gasteiger partial charge in [0.1, 0.15) is 0 Å². The summed E-state index contributed by atoms with van der Waals surface area (Å²) in [7, 11) is 2.13. The molecule has 1 unspecified atom stereocenters. The molecule has 4 N–H and O–H groups in total. The van der Waals surface area contributed by atoms with Gasteiger partial charge in [0.25, 0.3) is 0 Å². The average Bonchev–Trinajstić information content (AvgIpc) is 2.88. The lowest BCUT2D eigenvalue weighted by atomic mass is 10.2. The summed E-state index contributed by atoms with van der Waals surface area (Å²) in [5, 5.41) is 3.23. The Balaban J connectivity index is 1.98. The Morgan fingerprint density at radius 2 is 2.15 bits per heavy atom. The molecule has 8 heteroatoms. The van der Waals surface area contributed by atoms with Crippen molar-refractivity contribution in [2.75, 3.05) is 37.5 Å². The van der Waals surface area contributed by atoms with Gasteiger partial charge in [-0.3, -0.25) is 5.43 Å². The third kappa shape index (κ3) is 3.91. The predicted molar refractivity (Wildman–Crippen MR) is 77.6 cm³/mol. The van der Waals surface area contributed by atoms with Crippen molar-refractivity contribution in [2.24, 2.45) is 5.84 Å². The van der Waals surface area contributed by atoms with Gasteiger partial charge in [0.15, 0.2) is 0 Å². The molecule has 0 amide bonds. The zero-order chi connectivity index (χ0) is 14.4. The minimum Gasteiger partial charge on any atom is -0.463 e. The quantitative estimate of drug-likeness (QED) is 0.489. The second-order valence-electron chi connectivity index (χ2n) is 4.92. The maximum absolute atomic E-state index is 5.42. The van der Waals surface area contributed by atoms with Crippen molar-refractivity contribution in [3.8, 4) is 6.01 Å². The predicted octanol–water partition coefficient (Wildman–Crippen LogP) is 0.452. The van der Waals surface area contributed by atoms with Gasteiger partial charge in [0.2, 0.25) is 11.9 Å². The Bertz CT molecular complexity index is 428. The van der Waals surface area contributed by atoms with Crippen molar-refractivity contribution >= 4 is 11.9 Å². The number of likely N-dealkylation sites (tertiary alicyclic amines) is 1. The van der Waals surface area contributed by atoms with E-state index in [9.17, 15) is 0 Å². The highest BCUT2D eigenvalue weighted by Crippen LogP contribution is 2.16. The lowest BCUT2D eigenvalue weighted by Gasteiger charge is -2.19. The molecule has 1 saturated heterocycles. The molecule has 0 radical (unpaired) electrons. The van der Waals surface area contributed by atoms with Gasteiger partial charge in [-0.15, -0.1) is 0 Å². The summed E-state index contributed by atoms with van der Waals surface area (Å²) in [6, 6.07) is 0.804. The Hall–Kier alpha value is -1.67. The summed E-state index contributed by atoms with van der Waals surface area (Å²) in [6.07, 6.45) is 3.32. The van der Waals surface area contributed by atoms with E-state index >= 15 is 0 Å². The molecule has 2 rings (SSSR count). The molecule has 2 heterocycles. The molecule has 0 aliphatic carbocycles. The number of hydrazine groups is 1. The first-order valence-corrected chi connectivity index (χ1v) is 7.02. The van der Waals surface area contributed by atoms with Gasteiger partial charge in [0, 0.05) is 12.6 Å². The zero-order valence-corrected chi connectivity index (χ0v) is 12.1. The summed E-state index contributed by atoms with van der Waals surface area (Å²) < 4.78 is 5.42. The fourth-order valence-corrected chi connectivity index (χ4v) is 2.20. The number of nitrogen functional groups attached to an aromatic ring is 1. The summed E-state index contributed by atoms with van der Waals surface area (Å²) >= 11 is 0. The molecular formula is C12H23N7O. The van der Waals surface area contributed by atoms with Crippen LogP contribution in [0, 0.1) is 0 Å². The second kappa shape index (κ2) is 7.20. The fourth-order valence-electron chi connectivity index (χ4n) is 2.20. The van der Waals surface area contributed by atoms with Crippen LogP contribution in [0.4, 0.5) is 11.9 Å². The number of hydrogen-bond acceptors (Lipinski definition) is 8. The number of hydrogen-bond donors (Lipinski definition) is 3. The number of ether oxygens (including phenoxy) is 1. The van der Waals surface area contributed by atoms with Crippen LogP contribution in [0.2, 0.25) is 0 Å². The van der Waals surface area contributed by atoms with Crippen LogP contribution < -0.4 is 21.3 Å². The summed E-state index contributed by atoms with van der Waals surface area (Å²) in [5.41, 5.74) is 2.43. The lowest BCUT2D eigenvalue weighted by Crippen LogP contribution is -2.32. The second-order valence-corrected chi connectivity index (χ2v) is 4.92. The standard InChI is InChI=1S/C12H23N7O/c1-3-7-20-12-16-10(15-11(17-12)18-13)14-8-9-5-4-6-19(9)2/h9H,3-8,13H2,1-2H3,(H2,14,15,16,17,18). The highest BCUT2D eigenvalue weighted by molar-refractivity contribution is 5.35. The van der Waals surface area contributed by atoms with Crippen molar-refractivity contribution in [2.45, 2.75) is 32.2 Å². The minimum absolute atomic E-state index is 0.289. The number of nitrogens with zero attached hydrogens (tertiary/aromatic N) is 4. The number of aromatic nitrogens is 3. The van der Waals surface area contributed by atoms with E-state index in [2.05, 4.69) is 37.6 Å². The van der Waals surface area contributed by atoms with E-state index in [-0.39, 0.29) is 6.01 Å². The molecule has 0 bridgehead atoms. The lowest BCUT2D eigenvalue weighted by molar-refractivity contribution is 0.292. The SMILES string of the molecule is CCCOc1nc(NN)nc(NCC2CCCN2C)n1. The smallest absolute Gasteiger partial charge is 0.323 e. The van der Waals surface area contributed by atoms with Crippen LogP contribution in [-0.2, 0) is 0 Å². The molecule has 0 aromatic carbocycles. The Morgan fingerprint density at radius 3 is 2.80 bits per heavy atom. The average molecular weight is 281 g/mol. The molecule has 112 valence electrons. The van der Waals surface area contributed by atoms with Gasteiger partial charge in [-0.1, -0.05) is 6.92 Å². The van der Waals surface area contributed by atoms with E-state index in [4.69, 9.17) is 10.6 Å². The third-order valence-corrected chi connectivity index (χ3v) is 3.35. The molecule has 1 atom stereocenters. The molecule has 1 aliphatic rings. The summed E-state index contributed by atoms with van der Waals surface area (Å²) in [6.45, 7) is 4.54. The topological polar surface area (TPSA) is 101 Å². The van der Waals surface area contributed by atoms with Crippen molar-refractivity contribution < 1.29 is 4.74 Å². The maximum atomic E-state index is 5.42. The maximum Gasteiger partial charge on any atom is 0.323 e. The number of likely N-dealkylation sites (N-methyl/N-ethyl adjacent to an activating group) is 1. The van der Waals surface area contributed by atoms with Crippen LogP contribution in [-0.4, -0.2) is 52.6 Å². The minimum atomic E-state index is 0.289. The van der Waals surface area contributed by atoms with Crippen LogP contribution in [0.25, 0.3) is 0 Å². The van der Waals surface area contributed by atoms with Crippen LogP contribution in [0.15, 0.2) is 0 Å². The van der Waals surface area contributed by atoms with Crippen molar-refractivity contribution in [1.29, 1.82) is 0 Å². The number of nitrogens with one attached hydrogen (secondary N) is 2. The van der Waals surface area contributed by atoms with E-state index < -0.39 is 0 Å². The van der Waals surface area contributed by atoms with E-state index in [1.165, 1.54) is 12.8 Å². The summed E-state index contributed by atoms with van der Waals surface area (Å²) in [4.78, 5) is 14.8. The Kier molecular flexibility index (Phi) is 5.31. The van der Waals surface area contributed by atoms with Crippen molar-refractivity contribution in [1.82, 2.24) is 19.9 Å². The van der Waals surface area contributed by atoms with Gasteiger partial charge in [-0.05, 0) is 32.9 Å². The van der Waals surface area contributed by atoms with E-state index in [1.54, 1.807) is 0 Å². The molecule has 20 heavy (non-hydrogen) atoms. The monoisotopic (exact) mass is 281 g/mol. The van der Waals surface area contributed by atoms with Gasteiger partial charge >= 0.3 is 6.01 Å². The van der Waals surface area contributed by atoms with Gasteiger partial charge in [0.05, 0.1) is 6.61 Å². The number of nitrogens with two attached hydrogens (primary N) is 1. The Labute approximate surface area is 119 Å². The highest BCUT2D eigenvalue weighted by atomic mass is 16.5. The molecule has 1 fully saturated rings. The van der Waals surface area contributed by atoms with Gasteiger partial charge in [-0.2, -0.15) is 15.0 Å². The molecule has 1 aromatic heterocycles. The van der Waals surface area contributed by atoms with E-state index in [0.717, 1.165) is 19.5 Å². The summed E-state index contributed by atoms with van der Waals surface area (Å²) in [5.74, 6) is 6.15. The van der Waals surface area contributed by atoms with E-state index in [1.807, 2.05) is 6.92 Å². The first-order valence-electron chi connectivity index (χ1n) is 7.02. The molecule has 8 nitrogen and oxygen atoms in total. The van der Waals surface area contributed by atoms with Crippen molar-refractivity contribution in [3.63, 3.8) is 0 Å². The van der Waals surface area contributed by atoms with Crippen LogP contribution in [0.3, 0.4) is 0 Å².